The number of hydrogen-bond donors (Lipinski definition) is 3. The van der Waals surface area contributed by atoms with Crippen LogP contribution in [0.15, 0.2) is 51.0 Å². The molecule has 4 atom stereocenters. The van der Waals surface area contributed by atoms with E-state index in [1.165, 1.54) is 0 Å². The molecule has 0 saturated carbocycles. The van der Waals surface area contributed by atoms with Gasteiger partial charge in [-0.2, -0.15) is 16.6 Å². The lowest BCUT2D eigenvalue weighted by Crippen LogP contribution is -2.40. The standard InChI is InChI=1S/C18H17BrN4O2S/c1-24-13-3-2-9(6-12(13)19)14-11(7-20)17(21)25-18-15(14)16(22-23-18)10-4-5-26-8-10/h2-6,8,14-16,18,22-23H,21H2,1H3. The molecule has 4 rings (SSSR count). The van der Waals surface area contributed by atoms with E-state index < -0.39 is 0 Å². The summed E-state index contributed by atoms with van der Waals surface area (Å²) < 4.78 is 12.0. The minimum atomic E-state index is -0.317. The highest BCUT2D eigenvalue weighted by molar-refractivity contribution is 9.10. The molecule has 1 saturated heterocycles. The summed E-state index contributed by atoms with van der Waals surface area (Å²) in [4.78, 5) is 0. The molecule has 0 spiro atoms. The second-order valence-electron chi connectivity index (χ2n) is 6.20. The summed E-state index contributed by atoms with van der Waals surface area (Å²) >= 11 is 5.18. The average Bonchev–Trinajstić information content (AvgIpc) is 3.29. The van der Waals surface area contributed by atoms with Crippen LogP contribution in [0.4, 0.5) is 0 Å². The third kappa shape index (κ3) is 2.77. The van der Waals surface area contributed by atoms with Gasteiger partial charge in [-0.15, -0.1) is 0 Å². The van der Waals surface area contributed by atoms with Crippen molar-refractivity contribution in [2.75, 3.05) is 7.11 Å². The van der Waals surface area contributed by atoms with Crippen LogP contribution in [0.2, 0.25) is 0 Å². The molecule has 1 aromatic carbocycles. The van der Waals surface area contributed by atoms with Crippen molar-refractivity contribution in [3.05, 3.63) is 62.1 Å². The molecule has 134 valence electrons. The highest BCUT2D eigenvalue weighted by Gasteiger charge is 2.49. The third-order valence-corrected chi connectivity index (χ3v) is 6.21. The number of fused-ring (bicyclic) bond motifs is 1. The lowest BCUT2D eigenvalue weighted by atomic mass is 9.74. The molecule has 0 aliphatic carbocycles. The first-order valence-electron chi connectivity index (χ1n) is 8.07. The molecule has 2 aliphatic rings. The summed E-state index contributed by atoms with van der Waals surface area (Å²) in [5, 5.41) is 13.9. The maximum Gasteiger partial charge on any atom is 0.200 e. The van der Waals surface area contributed by atoms with Gasteiger partial charge in [0, 0.05) is 11.8 Å². The Bertz CT molecular complexity index is 893. The average molecular weight is 433 g/mol. The second kappa shape index (κ2) is 6.93. The van der Waals surface area contributed by atoms with Gasteiger partial charge < -0.3 is 15.2 Å². The number of rotatable bonds is 3. The van der Waals surface area contributed by atoms with Crippen molar-refractivity contribution in [3.63, 3.8) is 0 Å². The van der Waals surface area contributed by atoms with Gasteiger partial charge in [-0.1, -0.05) is 6.07 Å². The van der Waals surface area contributed by atoms with E-state index in [1.807, 2.05) is 23.6 Å². The number of hydrazine groups is 1. The van der Waals surface area contributed by atoms with Crippen molar-refractivity contribution in [2.24, 2.45) is 11.7 Å². The maximum atomic E-state index is 9.76. The summed E-state index contributed by atoms with van der Waals surface area (Å²) in [5.41, 5.74) is 15.2. The minimum Gasteiger partial charge on any atom is -0.496 e. The van der Waals surface area contributed by atoms with Crippen LogP contribution in [-0.2, 0) is 4.74 Å². The van der Waals surface area contributed by atoms with Crippen molar-refractivity contribution < 1.29 is 9.47 Å². The SMILES string of the molecule is COc1ccc(C2C(C#N)=C(N)OC3NNC(c4ccsc4)C32)cc1Br. The number of methoxy groups -OCH3 is 1. The lowest BCUT2D eigenvalue weighted by molar-refractivity contribution is 0.0341. The summed E-state index contributed by atoms with van der Waals surface area (Å²) in [6, 6.07) is 10.2. The van der Waals surface area contributed by atoms with Crippen LogP contribution < -0.4 is 21.3 Å². The first-order chi connectivity index (χ1) is 12.6. The normalized spacial score (nSPS) is 27.6. The smallest absolute Gasteiger partial charge is 0.200 e. The van der Waals surface area contributed by atoms with Gasteiger partial charge in [-0.25, -0.2) is 10.9 Å². The Morgan fingerprint density at radius 1 is 1.31 bits per heavy atom. The monoisotopic (exact) mass is 432 g/mol. The zero-order valence-corrected chi connectivity index (χ0v) is 16.3. The molecule has 2 aliphatic heterocycles. The zero-order valence-electron chi connectivity index (χ0n) is 13.9. The van der Waals surface area contributed by atoms with Crippen molar-refractivity contribution >= 4 is 27.3 Å². The molecule has 2 aromatic rings. The number of ether oxygens (including phenoxy) is 2. The number of nitrogens with zero attached hydrogens (tertiary/aromatic N) is 1. The number of thiophene rings is 1. The molecule has 1 aromatic heterocycles. The summed E-state index contributed by atoms with van der Waals surface area (Å²) in [6.45, 7) is 0. The third-order valence-electron chi connectivity index (χ3n) is 4.89. The molecule has 0 bridgehead atoms. The Morgan fingerprint density at radius 3 is 2.81 bits per heavy atom. The van der Waals surface area contributed by atoms with Gasteiger partial charge >= 0.3 is 0 Å². The van der Waals surface area contributed by atoms with Crippen LogP contribution in [0.1, 0.15) is 23.1 Å². The minimum absolute atomic E-state index is 0.00794. The molecule has 4 N–H and O–H groups in total. The highest BCUT2D eigenvalue weighted by Crippen LogP contribution is 2.48. The molecule has 0 radical (unpaired) electrons. The Hall–Kier alpha value is -2.05. The van der Waals surface area contributed by atoms with Crippen molar-refractivity contribution in [2.45, 2.75) is 18.2 Å². The maximum absolute atomic E-state index is 9.76. The first-order valence-corrected chi connectivity index (χ1v) is 9.80. The van der Waals surface area contributed by atoms with Crippen LogP contribution >= 0.6 is 27.3 Å². The number of hydrogen-bond acceptors (Lipinski definition) is 7. The van der Waals surface area contributed by atoms with E-state index in [-0.39, 0.29) is 30.0 Å². The molecule has 26 heavy (non-hydrogen) atoms. The van der Waals surface area contributed by atoms with Crippen LogP contribution in [0.5, 0.6) is 5.75 Å². The molecule has 6 nitrogen and oxygen atoms in total. The Morgan fingerprint density at radius 2 is 2.15 bits per heavy atom. The van der Waals surface area contributed by atoms with Gasteiger partial charge in [0.15, 0.2) is 6.23 Å². The van der Waals surface area contributed by atoms with E-state index in [0.717, 1.165) is 21.3 Å². The van der Waals surface area contributed by atoms with Crippen LogP contribution in [0.25, 0.3) is 0 Å². The van der Waals surface area contributed by atoms with E-state index >= 15 is 0 Å². The van der Waals surface area contributed by atoms with Crippen molar-refractivity contribution in [1.29, 1.82) is 5.26 Å². The molecular weight excluding hydrogens is 416 g/mol. The summed E-state index contributed by atoms with van der Waals surface area (Å²) in [7, 11) is 1.63. The number of allylic oxidation sites excluding steroid dienone is 1. The van der Waals surface area contributed by atoms with Gasteiger partial charge in [0.1, 0.15) is 11.8 Å². The summed E-state index contributed by atoms with van der Waals surface area (Å²) in [5.74, 6) is 0.691. The van der Waals surface area contributed by atoms with Crippen molar-refractivity contribution in [1.82, 2.24) is 10.9 Å². The van der Waals surface area contributed by atoms with E-state index in [9.17, 15) is 5.26 Å². The molecule has 0 amide bonds. The number of nitrogens with two attached hydrogens (primary N) is 1. The molecule has 1 fully saturated rings. The topological polar surface area (TPSA) is 92.3 Å². The van der Waals surface area contributed by atoms with Gasteiger partial charge in [-0.3, -0.25) is 0 Å². The highest BCUT2D eigenvalue weighted by atomic mass is 79.9. The van der Waals surface area contributed by atoms with Crippen LogP contribution in [0, 0.1) is 17.2 Å². The van der Waals surface area contributed by atoms with Gasteiger partial charge in [-0.05, 0) is 56.0 Å². The molecule has 4 unspecified atom stereocenters. The first kappa shape index (κ1) is 17.4. The van der Waals surface area contributed by atoms with Crippen LogP contribution in [-0.4, -0.2) is 13.3 Å². The zero-order chi connectivity index (χ0) is 18.3. The van der Waals surface area contributed by atoms with E-state index in [0.29, 0.717) is 5.57 Å². The van der Waals surface area contributed by atoms with E-state index in [4.69, 9.17) is 15.2 Å². The largest absolute Gasteiger partial charge is 0.496 e. The quantitative estimate of drug-likeness (QED) is 0.689. The Kier molecular flexibility index (Phi) is 4.63. The Labute approximate surface area is 163 Å². The predicted molar refractivity (Wildman–Crippen MR) is 102 cm³/mol. The number of nitrogens with one attached hydrogen (secondary N) is 2. The lowest BCUT2D eigenvalue weighted by Gasteiger charge is -2.35. The number of benzene rings is 1. The van der Waals surface area contributed by atoms with Crippen LogP contribution in [0.3, 0.4) is 0 Å². The van der Waals surface area contributed by atoms with E-state index in [2.05, 4.69) is 44.3 Å². The number of nitriles is 1. The second-order valence-corrected chi connectivity index (χ2v) is 7.83. The fourth-order valence-corrected chi connectivity index (χ4v) is 4.96. The van der Waals surface area contributed by atoms with Gasteiger partial charge in [0.2, 0.25) is 5.88 Å². The fourth-order valence-electron chi connectivity index (χ4n) is 3.71. The molecule has 3 heterocycles. The van der Waals surface area contributed by atoms with Crippen molar-refractivity contribution in [3.8, 4) is 11.8 Å². The molecule has 8 heteroatoms. The van der Waals surface area contributed by atoms with Gasteiger partial charge in [0.25, 0.3) is 0 Å². The Balaban J connectivity index is 1.83. The number of halogens is 1. The van der Waals surface area contributed by atoms with Gasteiger partial charge in [0.05, 0.1) is 23.2 Å². The fraction of sp³-hybridized carbons (Fsp3) is 0.278. The van der Waals surface area contributed by atoms with E-state index in [1.54, 1.807) is 18.4 Å². The predicted octanol–water partition coefficient (Wildman–Crippen LogP) is 3.12. The summed E-state index contributed by atoms with van der Waals surface area (Å²) in [6.07, 6.45) is -0.317. The molecular formula is C18H17BrN4O2S.